The van der Waals surface area contributed by atoms with Crippen LogP contribution in [0.5, 0.6) is 0 Å². The number of nitrogens with zero attached hydrogens (tertiary/aromatic N) is 1. The largest absolute Gasteiger partial charge is 0.412 e. The summed E-state index contributed by atoms with van der Waals surface area (Å²) in [4.78, 5) is 22.6. The molecule has 5 heteroatoms. The van der Waals surface area contributed by atoms with E-state index < -0.39 is 0 Å². The lowest BCUT2D eigenvalue weighted by atomic mass is 9.83. The second-order valence-corrected chi connectivity index (χ2v) is 20.8. The van der Waals surface area contributed by atoms with Crippen molar-refractivity contribution in [3.8, 4) is 0 Å². The van der Waals surface area contributed by atoms with Crippen molar-refractivity contribution >= 4 is 12.6 Å². The van der Waals surface area contributed by atoms with Gasteiger partial charge in [-0.1, -0.05) is 281 Å². The Bertz CT molecular complexity index is 1020. The van der Waals surface area contributed by atoms with E-state index in [4.69, 9.17) is 9.53 Å². The van der Waals surface area contributed by atoms with Gasteiger partial charge in [0.05, 0.1) is 6.61 Å². The Labute approximate surface area is 450 Å². The maximum absolute atomic E-state index is 11.9. The number of Topliss-reactive ketones (excluding diaryl/α,β-unsaturated/α-hetero) is 1. The molecule has 0 aromatic heterocycles. The summed E-state index contributed by atoms with van der Waals surface area (Å²) in [7, 11) is 0. The highest BCUT2D eigenvalue weighted by atomic mass is 16.5. The molecule has 0 radical (unpaired) electrons. The Hall–Kier alpha value is -1.56. The van der Waals surface area contributed by atoms with Crippen LogP contribution in [0.1, 0.15) is 329 Å². The summed E-state index contributed by atoms with van der Waals surface area (Å²) >= 11 is 0. The van der Waals surface area contributed by atoms with E-state index in [9.17, 15) is 4.79 Å². The lowest BCUT2D eigenvalue weighted by Gasteiger charge is -2.25. The number of likely N-dealkylation sites (tertiary alicyclic amines) is 1. The molecule has 5 nitrogen and oxygen atoms in total. The number of allylic oxidation sites excluding steroid dienone is 4. The Balaban J connectivity index is -0.000000335. The van der Waals surface area contributed by atoms with E-state index in [1.54, 1.807) is 6.92 Å². The number of hydrogen-bond acceptors (Lipinski definition) is 4. The Morgan fingerprint density at radius 3 is 1.48 bits per heavy atom. The first-order chi connectivity index (χ1) is 32.7. The van der Waals surface area contributed by atoms with Crippen molar-refractivity contribution in [2.75, 3.05) is 26.3 Å². The summed E-state index contributed by atoms with van der Waals surface area (Å²) in [5.41, 5.74) is -0.182. The van der Waals surface area contributed by atoms with Gasteiger partial charge in [-0.3, -0.25) is 9.69 Å². The third kappa shape index (κ3) is 59.2. The molecule has 0 aromatic rings. The minimum absolute atomic E-state index is 0. The van der Waals surface area contributed by atoms with Crippen LogP contribution in [-0.4, -0.2) is 55.3 Å². The maximum Gasteiger partial charge on any atom is 0.135 e. The minimum Gasteiger partial charge on any atom is -0.412 e. The van der Waals surface area contributed by atoms with Gasteiger partial charge in [-0.2, -0.15) is 0 Å². The predicted octanol–water partition coefficient (Wildman–Crippen LogP) is 21.6. The van der Waals surface area contributed by atoms with E-state index in [1.165, 1.54) is 238 Å². The van der Waals surface area contributed by atoms with Gasteiger partial charge in [0, 0.05) is 24.6 Å². The maximum atomic E-state index is 11.9. The van der Waals surface area contributed by atoms with Gasteiger partial charge >= 0.3 is 0 Å². The molecule has 0 unspecified atom stereocenters. The molecule has 1 rings (SSSR count). The van der Waals surface area contributed by atoms with Gasteiger partial charge in [0.15, 0.2) is 0 Å². The summed E-state index contributed by atoms with van der Waals surface area (Å²) in [6.45, 7) is 28.9. The number of ketones is 1. The lowest BCUT2D eigenvalue weighted by molar-refractivity contribution is -0.125. The zero-order valence-corrected chi connectivity index (χ0v) is 47.9. The first-order valence-electron chi connectivity index (χ1n) is 29.8. The molecular formula is C66H137NO4. The molecule has 1 aliphatic heterocycles. The third-order valence-electron chi connectivity index (χ3n) is 14.1. The topological polar surface area (TPSA) is 78.1 Å². The molecule has 1 saturated heterocycles. The molecule has 2 N–H and O–H groups in total. The second-order valence-electron chi connectivity index (χ2n) is 20.8. The van der Waals surface area contributed by atoms with Crippen molar-refractivity contribution in [1.82, 2.24) is 4.90 Å². The summed E-state index contributed by atoms with van der Waals surface area (Å²) in [6, 6.07) is 0.542. The fourth-order valence-corrected chi connectivity index (χ4v) is 9.27. The van der Waals surface area contributed by atoms with Crippen LogP contribution in [0.25, 0.3) is 0 Å². The molecule has 0 saturated carbocycles. The highest BCUT2D eigenvalue weighted by Crippen LogP contribution is 2.28. The number of ether oxygens (including phenoxy) is 1. The summed E-state index contributed by atoms with van der Waals surface area (Å²) < 4.78 is 6.30. The Morgan fingerprint density at radius 2 is 1.01 bits per heavy atom. The second kappa shape index (κ2) is 68.4. The zero-order valence-electron chi connectivity index (χ0n) is 47.9. The standard InChI is InChI=1S/C47H89NO2.C13H26.C2H6.CH2O.3CH4.H2O/c1-7-10-13-16-22-27-33-44(34-28-23-17-14-11-8-2)35-29-24-20-18-19-21-25-32-39-50-42-46-40-45(36-26-15-12-9-3)41-48(46)38-31-30-37-47(5,6)43(4)49;1-3-5-7-9-11-13-12-10-8-6-4-2;2*1-2;;;;/h26,29,35-36,44-46H,7-25,27-28,30-34,37-42H2,1-6H3;3H,1,4-13H2,2H3;1-2H3;1H2;3*1H4;1H2/t45-,46-;;;;;;;/m0......./s1. The van der Waals surface area contributed by atoms with Crippen molar-refractivity contribution in [3.63, 3.8) is 0 Å². The number of hydrogen-bond donors (Lipinski definition) is 0. The summed E-state index contributed by atoms with van der Waals surface area (Å²) in [5.74, 6) is 1.80. The van der Waals surface area contributed by atoms with E-state index in [0.29, 0.717) is 17.7 Å². The Morgan fingerprint density at radius 1 is 0.592 bits per heavy atom. The zero-order chi connectivity index (χ0) is 50.3. The van der Waals surface area contributed by atoms with Crippen molar-refractivity contribution in [1.29, 1.82) is 0 Å². The van der Waals surface area contributed by atoms with Crippen LogP contribution >= 0.6 is 0 Å². The van der Waals surface area contributed by atoms with Crippen LogP contribution in [0.4, 0.5) is 0 Å². The smallest absolute Gasteiger partial charge is 0.135 e. The summed E-state index contributed by atoms with van der Waals surface area (Å²) in [5, 5.41) is 0. The van der Waals surface area contributed by atoms with Gasteiger partial charge in [0.2, 0.25) is 0 Å². The predicted molar refractivity (Wildman–Crippen MR) is 327 cm³/mol. The molecule has 0 aromatic carbocycles. The highest BCUT2D eigenvalue weighted by molar-refractivity contribution is 5.81. The van der Waals surface area contributed by atoms with Gasteiger partial charge in [0.1, 0.15) is 12.6 Å². The SMILES string of the molecule is C.C.C.C=CCCCCCCCCCCC.C=O.CC.CCCCC=C[C@H]1C[C@@H](COCCCCCCCCC=CC(CCCCCCCC)CCCCCCCC)N(CCCCC(C)(C)C(C)=O)C1.O. The van der Waals surface area contributed by atoms with Gasteiger partial charge < -0.3 is 15.0 Å². The third-order valence-corrected chi connectivity index (χ3v) is 14.1. The van der Waals surface area contributed by atoms with Crippen LogP contribution in [0.2, 0.25) is 0 Å². The van der Waals surface area contributed by atoms with Crippen molar-refractivity contribution < 1.29 is 19.8 Å². The molecule has 2 atom stereocenters. The average Bonchev–Trinajstić information content (AvgIpc) is 3.73. The normalized spacial score (nSPS) is 14.2. The van der Waals surface area contributed by atoms with Crippen LogP contribution in [0, 0.1) is 17.3 Å². The average molecular weight is 1010 g/mol. The molecule has 430 valence electrons. The molecule has 0 amide bonds. The monoisotopic (exact) mass is 1010 g/mol. The van der Waals surface area contributed by atoms with Crippen LogP contribution < -0.4 is 0 Å². The van der Waals surface area contributed by atoms with Gasteiger partial charge in [-0.15, -0.1) is 6.58 Å². The van der Waals surface area contributed by atoms with Crippen molar-refractivity contribution in [2.24, 2.45) is 17.3 Å². The van der Waals surface area contributed by atoms with E-state index in [2.05, 4.69) is 77.3 Å². The molecule has 0 bridgehead atoms. The molecule has 1 aliphatic rings. The fraction of sp³-hybridized carbons (Fsp3) is 0.879. The van der Waals surface area contributed by atoms with Crippen LogP contribution in [0.3, 0.4) is 0 Å². The van der Waals surface area contributed by atoms with Gasteiger partial charge in [-0.25, -0.2) is 0 Å². The molecule has 1 fully saturated rings. The first kappa shape index (κ1) is 83.4. The molecule has 1 heterocycles. The van der Waals surface area contributed by atoms with Crippen molar-refractivity contribution in [2.45, 2.75) is 335 Å². The van der Waals surface area contributed by atoms with E-state index in [0.717, 1.165) is 38.5 Å². The number of carbonyl (C=O) groups excluding carboxylic acids is 2. The highest BCUT2D eigenvalue weighted by Gasteiger charge is 2.31. The van der Waals surface area contributed by atoms with Crippen LogP contribution in [-0.2, 0) is 14.3 Å². The Kier molecular flexibility index (Phi) is 80.4. The van der Waals surface area contributed by atoms with E-state index >= 15 is 0 Å². The van der Waals surface area contributed by atoms with Crippen molar-refractivity contribution in [3.05, 3.63) is 37.0 Å². The van der Waals surface area contributed by atoms with Gasteiger partial charge in [-0.05, 0) is 95.9 Å². The van der Waals surface area contributed by atoms with Crippen LogP contribution in [0.15, 0.2) is 37.0 Å². The lowest BCUT2D eigenvalue weighted by Crippen LogP contribution is -2.34. The molecular weight excluding hydrogens is 871 g/mol. The fourth-order valence-electron chi connectivity index (χ4n) is 9.27. The number of rotatable bonds is 46. The quantitative estimate of drug-likeness (QED) is 0.0450. The van der Waals surface area contributed by atoms with E-state index in [1.807, 2.05) is 26.7 Å². The molecule has 0 aliphatic carbocycles. The van der Waals surface area contributed by atoms with Gasteiger partial charge in [0.25, 0.3) is 0 Å². The summed E-state index contributed by atoms with van der Waals surface area (Å²) in [6.07, 6.45) is 63.4. The van der Waals surface area contributed by atoms with E-state index in [-0.39, 0.29) is 33.2 Å². The molecule has 71 heavy (non-hydrogen) atoms. The molecule has 0 spiro atoms. The minimum atomic E-state index is -0.182. The first-order valence-corrected chi connectivity index (χ1v) is 29.8. The number of carbonyl (C=O) groups is 2. The number of unbranched alkanes of at least 4 members (excludes halogenated alkanes) is 28.